The molecule has 0 fully saturated rings. The SMILES string of the molecule is CC[O][Al][c]1ccccc1. The van der Waals surface area contributed by atoms with E-state index in [1.165, 1.54) is 4.43 Å². The van der Waals surface area contributed by atoms with E-state index < -0.39 is 0 Å². The second kappa shape index (κ2) is 4.52. The van der Waals surface area contributed by atoms with Gasteiger partial charge < -0.3 is 3.79 Å². The molecule has 1 rings (SSSR count). The molecule has 51 valence electrons. The van der Waals surface area contributed by atoms with Gasteiger partial charge in [-0.3, -0.25) is 0 Å². The maximum Gasteiger partial charge on any atom is 0.469 e. The summed E-state index contributed by atoms with van der Waals surface area (Å²) in [5, 5.41) is 0. The standard InChI is InChI=1S/C6H5.C2H5O.Al/c1-2-4-6-5-3-1;1-2-3;/h1-5H;2H2,1H3;/q;-1;+1. The minimum atomic E-state index is 0.0465. The van der Waals surface area contributed by atoms with Gasteiger partial charge in [0.05, 0.1) is 0 Å². The van der Waals surface area contributed by atoms with Crippen LogP contribution in [0.3, 0.4) is 0 Å². The Morgan fingerprint density at radius 1 is 1.30 bits per heavy atom. The highest BCUT2D eigenvalue weighted by Crippen LogP contribution is 1.81. The van der Waals surface area contributed by atoms with Crippen LogP contribution in [0.4, 0.5) is 0 Å². The lowest BCUT2D eigenvalue weighted by Crippen LogP contribution is -2.16. The molecule has 1 radical (unpaired) electrons. The summed E-state index contributed by atoms with van der Waals surface area (Å²) in [5.41, 5.74) is 0. The zero-order valence-corrected chi connectivity index (χ0v) is 7.23. The lowest BCUT2D eigenvalue weighted by Gasteiger charge is -1.96. The first-order valence-corrected chi connectivity index (χ1v) is 4.48. The van der Waals surface area contributed by atoms with Crippen molar-refractivity contribution < 1.29 is 3.79 Å². The molecule has 0 saturated heterocycles. The third-order valence-corrected chi connectivity index (χ3v) is 2.34. The number of rotatable bonds is 3. The van der Waals surface area contributed by atoms with Crippen LogP contribution in [-0.2, 0) is 3.79 Å². The minimum Gasteiger partial charge on any atom is -0.504 e. The van der Waals surface area contributed by atoms with Gasteiger partial charge in [0.25, 0.3) is 0 Å². The molecule has 0 aliphatic carbocycles. The van der Waals surface area contributed by atoms with Crippen LogP contribution in [0.5, 0.6) is 0 Å². The van der Waals surface area contributed by atoms with Crippen LogP contribution in [0.25, 0.3) is 0 Å². The summed E-state index contributed by atoms with van der Waals surface area (Å²) in [6.07, 6.45) is 0. The number of hydrogen-bond donors (Lipinski definition) is 0. The predicted molar refractivity (Wildman–Crippen MR) is 43.5 cm³/mol. The largest absolute Gasteiger partial charge is 0.504 e. The molecule has 1 aromatic carbocycles. The van der Waals surface area contributed by atoms with Gasteiger partial charge in [-0.25, -0.2) is 0 Å². The monoisotopic (exact) mass is 149 g/mol. The first-order valence-electron chi connectivity index (χ1n) is 3.43. The molecule has 0 bridgehead atoms. The topological polar surface area (TPSA) is 9.23 Å². The van der Waals surface area contributed by atoms with Gasteiger partial charge in [0.1, 0.15) is 0 Å². The lowest BCUT2D eigenvalue weighted by atomic mass is 10.4. The quantitative estimate of drug-likeness (QED) is 0.582. The van der Waals surface area contributed by atoms with Gasteiger partial charge in [-0.2, -0.15) is 0 Å². The lowest BCUT2D eigenvalue weighted by molar-refractivity contribution is 0.367. The van der Waals surface area contributed by atoms with Crippen molar-refractivity contribution >= 4 is 20.0 Å². The van der Waals surface area contributed by atoms with Gasteiger partial charge >= 0.3 is 15.6 Å². The molecule has 2 heteroatoms. The number of benzene rings is 1. The predicted octanol–water partition coefficient (Wildman–Crippen LogP) is 0.968. The van der Waals surface area contributed by atoms with Crippen molar-refractivity contribution in [1.82, 2.24) is 0 Å². The minimum absolute atomic E-state index is 0.0465. The van der Waals surface area contributed by atoms with Crippen LogP contribution in [0.2, 0.25) is 0 Å². The van der Waals surface area contributed by atoms with E-state index >= 15 is 0 Å². The van der Waals surface area contributed by atoms with Gasteiger partial charge in [-0.05, 0) is 6.92 Å². The van der Waals surface area contributed by atoms with E-state index in [-0.39, 0.29) is 15.6 Å². The van der Waals surface area contributed by atoms with E-state index in [9.17, 15) is 0 Å². The summed E-state index contributed by atoms with van der Waals surface area (Å²) >= 11 is 0.0465. The van der Waals surface area contributed by atoms with Crippen molar-refractivity contribution in [3.63, 3.8) is 0 Å². The van der Waals surface area contributed by atoms with Crippen molar-refractivity contribution in [1.29, 1.82) is 0 Å². The van der Waals surface area contributed by atoms with Crippen molar-refractivity contribution in [2.45, 2.75) is 6.92 Å². The fraction of sp³-hybridized carbons (Fsp3) is 0.250. The highest BCUT2D eigenvalue weighted by atomic mass is 27.1. The second-order valence-electron chi connectivity index (χ2n) is 1.98. The van der Waals surface area contributed by atoms with Gasteiger partial charge in [0.15, 0.2) is 0 Å². The third kappa shape index (κ3) is 2.53. The van der Waals surface area contributed by atoms with Crippen molar-refractivity contribution in [3.05, 3.63) is 30.3 Å². The fourth-order valence-electron chi connectivity index (χ4n) is 0.711. The van der Waals surface area contributed by atoms with Crippen molar-refractivity contribution in [2.75, 3.05) is 6.61 Å². The van der Waals surface area contributed by atoms with E-state index in [4.69, 9.17) is 3.79 Å². The highest BCUT2D eigenvalue weighted by Gasteiger charge is 1.94. The fourth-order valence-corrected chi connectivity index (χ4v) is 1.45. The summed E-state index contributed by atoms with van der Waals surface area (Å²) in [6.45, 7) is 2.85. The Morgan fingerprint density at radius 2 is 2.00 bits per heavy atom. The van der Waals surface area contributed by atoms with Gasteiger partial charge in [0, 0.05) is 6.61 Å². The molecular formula is C8H10AlO. The molecular weight excluding hydrogens is 139 g/mol. The molecule has 0 heterocycles. The first kappa shape index (κ1) is 7.82. The van der Waals surface area contributed by atoms with Gasteiger partial charge in [0.2, 0.25) is 0 Å². The molecule has 1 aromatic rings. The first-order chi connectivity index (χ1) is 4.93. The molecule has 1 nitrogen and oxygen atoms in total. The molecule has 0 unspecified atom stereocenters. The maximum absolute atomic E-state index is 5.30. The van der Waals surface area contributed by atoms with E-state index in [2.05, 4.69) is 12.1 Å². The zero-order valence-electron chi connectivity index (χ0n) is 6.08. The Morgan fingerprint density at radius 3 is 2.60 bits per heavy atom. The molecule has 0 amide bonds. The van der Waals surface area contributed by atoms with E-state index in [0.717, 1.165) is 6.61 Å². The van der Waals surface area contributed by atoms with E-state index in [1.807, 2.05) is 25.1 Å². The Balaban J connectivity index is 2.43. The molecule has 0 N–H and O–H groups in total. The zero-order chi connectivity index (χ0) is 7.23. The van der Waals surface area contributed by atoms with Crippen molar-refractivity contribution in [2.24, 2.45) is 0 Å². The third-order valence-electron chi connectivity index (χ3n) is 1.19. The Bertz CT molecular complexity index is 174. The molecule has 10 heavy (non-hydrogen) atoms. The van der Waals surface area contributed by atoms with Gasteiger partial charge in [-0.15, -0.1) is 0 Å². The molecule has 0 aromatic heterocycles. The van der Waals surface area contributed by atoms with Crippen LogP contribution < -0.4 is 4.43 Å². The second-order valence-corrected chi connectivity index (χ2v) is 3.22. The highest BCUT2D eigenvalue weighted by molar-refractivity contribution is 6.46. The van der Waals surface area contributed by atoms with Crippen LogP contribution in [-0.4, -0.2) is 22.2 Å². The normalized spacial score (nSPS) is 9.30. The van der Waals surface area contributed by atoms with Gasteiger partial charge in [-0.1, -0.05) is 34.8 Å². The average molecular weight is 149 g/mol. The molecule has 0 aliphatic rings. The van der Waals surface area contributed by atoms with E-state index in [0.29, 0.717) is 0 Å². The maximum atomic E-state index is 5.30. The Labute approximate surface area is 68.1 Å². The summed E-state index contributed by atoms with van der Waals surface area (Å²) < 4.78 is 6.63. The molecule has 0 saturated carbocycles. The van der Waals surface area contributed by atoms with Crippen LogP contribution >= 0.6 is 0 Å². The van der Waals surface area contributed by atoms with E-state index in [1.54, 1.807) is 0 Å². The van der Waals surface area contributed by atoms with Crippen LogP contribution in [0, 0.1) is 0 Å². The molecule has 0 aliphatic heterocycles. The average Bonchev–Trinajstić information content (AvgIpc) is 2.03. The van der Waals surface area contributed by atoms with Crippen LogP contribution in [0.15, 0.2) is 30.3 Å². The summed E-state index contributed by atoms with van der Waals surface area (Å²) in [5.74, 6) is 0. The summed E-state index contributed by atoms with van der Waals surface area (Å²) in [6, 6.07) is 10.3. The van der Waals surface area contributed by atoms with Crippen molar-refractivity contribution in [3.8, 4) is 0 Å². The Hall–Kier alpha value is -0.288. The number of hydrogen-bond acceptors (Lipinski definition) is 1. The molecule has 0 spiro atoms. The summed E-state index contributed by atoms with van der Waals surface area (Å²) in [4.78, 5) is 0. The molecule has 0 atom stereocenters. The summed E-state index contributed by atoms with van der Waals surface area (Å²) in [7, 11) is 0. The van der Waals surface area contributed by atoms with Crippen LogP contribution in [0.1, 0.15) is 6.92 Å². The smallest absolute Gasteiger partial charge is 0.469 e. The Kier molecular flexibility index (Phi) is 3.53.